The fourth-order valence-electron chi connectivity index (χ4n) is 1.87. The highest BCUT2D eigenvalue weighted by atomic mass is 16.4. The van der Waals surface area contributed by atoms with Gasteiger partial charge in [0.15, 0.2) is 5.78 Å². The van der Waals surface area contributed by atoms with Crippen LogP contribution < -0.4 is 4.90 Å². The summed E-state index contributed by atoms with van der Waals surface area (Å²) in [4.78, 5) is 25.2. The van der Waals surface area contributed by atoms with E-state index in [0.717, 1.165) is 5.69 Å². The summed E-state index contributed by atoms with van der Waals surface area (Å²) in [6.45, 7) is 0. The van der Waals surface area contributed by atoms with Crippen molar-refractivity contribution in [2.45, 2.75) is 0 Å². The first kappa shape index (κ1) is 13.8. The highest BCUT2D eigenvalue weighted by Crippen LogP contribution is 2.16. The van der Waals surface area contributed by atoms with E-state index in [0.29, 0.717) is 11.1 Å². The molecule has 4 nitrogen and oxygen atoms in total. The number of carboxylic acids is 1. The van der Waals surface area contributed by atoms with Crippen molar-refractivity contribution >= 4 is 17.4 Å². The standard InChI is InChI=1S/C16H15NO3/c1-17(2)14-8-6-11(7-9-14)15(18)12-4-3-5-13(10-12)16(19)20/h3-10H,1-2H3,(H,19,20). The van der Waals surface area contributed by atoms with Crippen molar-refractivity contribution < 1.29 is 14.7 Å². The molecule has 0 atom stereocenters. The Kier molecular flexibility index (Phi) is 3.84. The minimum absolute atomic E-state index is 0.112. The van der Waals surface area contributed by atoms with Gasteiger partial charge in [0, 0.05) is 30.9 Å². The van der Waals surface area contributed by atoms with Crippen LogP contribution in [-0.4, -0.2) is 31.0 Å². The molecule has 102 valence electrons. The zero-order chi connectivity index (χ0) is 14.7. The number of hydrogen-bond donors (Lipinski definition) is 1. The quantitative estimate of drug-likeness (QED) is 0.867. The normalized spacial score (nSPS) is 10.1. The minimum Gasteiger partial charge on any atom is -0.478 e. The molecule has 0 amide bonds. The number of benzene rings is 2. The average molecular weight is 269 g/mol. The second kappa shape index (κ2) is 5.57. The molecule has 0 spiro atoms. The van der Waals surface area contributed by atoms with Gasteiger partial charge >= 0.3 is 5.97 Å². The number of carboxylic acid groups (broad SMARTS) is 1. The van der Waals surface area contributed by atoms with Crippen LogP contribution in [0.15, 0.2) is 48.5 Å². The van der Waals surface area contributed by atoms with Crippen LogP contribution >= 0.6 is 0 Å². The number of carbonyl (C=O) groups excluding carboxylic acids is 1. The fourth-order valence-corrected chi connectivity index (χ4v) is 1.87. The SMILES string of the molecule is CN(C)c1ccc(C(=O)c2cccc(C(=O)O)c2)cc1. The number of hydrogen-bond acceptors (Lipinski definition) is 3. The first-order chi connectivity index (χ1) is 9.49. The molecule has 0 aliphatic carbocycles. The average Bonchev–Trinajstić information content (AvgIpc) is 2.46. The van der Waals surface area contributed by atoms with E-state index in [-0.39, 0.29) is 11.3 Å². The molecule has 0 bridgehead atoms. The van der Waals surface area contributed by atoms with E-state index in [1.807, 2.05) is 31.1 Å². The largest absolute Gasteiger partial charge is 0.478 e. The molecule has 0 fully saturated rings. The lowest BCUT2D eigenvalue weighted by Gasteiger charge is -2.12. The van der Waals surface area contributed by atoms with E-state index in [1.165, 1.54) is 12.1 Å². The number of nitrogens with zero attached hydrogens (tertiary/aromatic N) is 1. The van der Waals surface area contributed by atoms with E-state index >= 15 is 0 Å². The summed E-state index contributed by atoms with van der Waals surface area (Å²) >= 11 is 0. The third-order valence-corrected chi connectivity index (χ3v) is 3.02. The summed E-state index contributed by atoms with van der Waals surface area (Å²) in [5.74, 6) is -1.22. The maximum absolute atomic E-state index is 12.3. The molecule has 2 aromatic rings. The second-order valence-electron chi connectivity index (χ2n) is 4.66. The van der Waals surface area contributed by atoms with Crippen molar-refractivity contribution in [1.29, 1.82) is 0 Å². The van der Waals surface area contributed by atoms with Gasteiger partial charge in [0.1, 0.15) is 0 Å². The van der Waals surface area contributed by atoms with E-state index in [4.69, 9.17) is 5.11 Å². The van der Waals surface area contributed by atoms with E-state index in [2.05, 4.69) is 0 Å². The monoisotopic (exact) mass is 269 g/mol. The lowest BCUT2D eigenvalue weighted by molar-refractivity contribution is 0.0697. The Balaban J connectivity index is 2.31. The molecule has 0 aromatic heterocycles. The van der Waals surface area contributed by atoms with Crippen LogP contribution in [0.5, 0.6) is 0 Å². The van der Waals surface area contributed by atoms with Crippen molar-refractivity contribution in [2.75, 3.05) is 19.0 Å². The van der Waals surface area contributed by atoms with Crippen molar-refractivity contribution in [3.8, 4) is 0 Å². The Morgan fingerprint density at radius 1 is 0.900 bits per heavy atom. The molecular weight excluding hydrogens is 254 g/mol. The number of aromatic carboxylic acids is 1. The Morgan fingerprint density at radius 3 is 2.05 bits per heavy atom. The smallest absolute Gasteiger partial charge is 0.335 e. The van der Waals surface area contributed by atoms with Gasteiger partial charge in [-0.25, -0.2) is 4.79 Å². The predicted molar refractivity (Wildman–Crippen MR) is 77.6 cm³/mol. The minimum atomic E-state index is -1.04. The molecule has 0 aliphatic rings. The third kappa shape index (κ3) is 2.85. The van der Waals surface area contributed by atoms with Crippen LogP contribution in [0.1, 0.15) is 26.3 Å². The highest BCUT2D eigenvalue weighted by molar-refractivity contribution is 6.10. The number of rotatable bonds is 4. The molecular formula is C16H15NO3. The lowest BCUT2D eigenvalue weighted by atomic mass is 10.0. The first-order valence-corrected chi connectivity index (χ1v) is 6.14. The van der Waals surface area contributed by atoms with Gasteiger partial charge in [-0.05, 0) is 36.4 Å². The van der Waals surface area contributed by atoms with Gasteiger partial charge in [-0.3, -0.25) is 4.79 Å². The van der Waals surface area contributed by atoms with Crippen LogP contribution in [0.2, 0.25) is 0 Å². The summed E-state index contributed by atoms with van der Waals surface area (Å²) in [7, 11) is 3.85. The first-order valence-electron chi connectivity index (χ1n) is 6.14. The van der Waals surface area contributed by atoms with E-state index < -0.39 is 5.97 Å². The molecule has 2 aromatic carbocycles. The summed E-state index contributed by atoms with van der Waals surface area (Å²) in [6.07, 6.45) is 0. The summed E-state index contributed by atoms with van der Waals surface area (Å²) in [6, 6.07) is 13.2. The van der Waals surface area contributed by atoms with Crippen LogP contribution in [0.3, 0.4) is 0 Å². The van der Waals surface area contributed by atoms with Gasteiger partial charge in [0.2, 0.25) is 0 Å². The van der Waals surface area contributed by atoms with Gasteiger partial charge in [-0.15, -0.1) is 0 Å². The summed E-state index contributed by atoms with van der Waals surface area (Å²) in [5, 5.41) is 8.94. The Morgan fingerprint density at radius 2 is 1.50 bits per heavy atom. The topological polar surface area (TPSA) is 57.6 Å². The number of ketones is 1. The molecule has 0 aliphatic heterocycles. The molecule has 20 heavy (non-hydrogen) atoms. The molecule has 4 heteroatoms. The Labute approximate surface area is 117 Å². The summed E-state index contributed by atoms with van der Waals surface area (Å²) < 4.78 is 0. The van der Waals surface area contributed by atoms with Crippen LogP contribution in [0.25, 0.3) is 0 Å². The van der Waals surface area contributed by atoms with Crippen molar-refractivity contribution in [3.63, 3.8) is 0 Å². The zero-order valence-electron chi connectivity index (χ0n) is 11.3. The van der Waals surface area contributed by atoms with Gasteiger partial charge in [-0.2, -0.15) is 0 Å². The molecule has 2 rings (SSSR count). The molecule has 1 N–H and O–H groups in total. The third-order valence-electron chi connectivity index (χ3n) is 3.02. The molecule has 0 heterocycles. The van der Waals surface area contributed by atoms with Crippen LogP contribution in [-0.2, 0) is 0 Å². The molecule has 0 saturated heterocycles. The maximum atomic E-state index is 12.3. The molecule has 0 unspecified atom stereocenters. The fraction of sp³-hybridized carbons (Fsp3) is 0.125. The van der Waals surface area contributed by atoms with E-state index in [1.54, 1.807) is 24.3 Å². The number of carbonyl (C=O) groups is 2. The lowest BCUT2D eigenvalue weighted by Crippen LogP contribution is -2.09. The zero-order valence-corrected chi connectivity index (χ0v) is 11.3. The van der Waals surface area contributed by atoms with Gasteiger partial charge < -0.3 is 10.0 Å². The predicted octanol–water partition coefficient (Wildman–Crippen LogP) is 2.68. The van der Waals surface area contributed by atoms with Gasteiger partial charge in [0.25, 0.3) is 0 Å². The van der Waals surface area contributed by atoms with Crippen LogP contribution in [0.4, 0.5) is 5.69 Å². The Hall–Kier alpha value is -2.62. The second-order valence-corrected chi connectivity index (χ2v) is 4.66. The van der Waals surface area contributed by atoms with Gasteiger partial charge in [-0.1, -0.05) is 12.1 Å². The van der Waals surface area contributed by atoms with Gasteiger partial charge in [0.05, 0.1) is 5.56 Å². The maximum Gasteiger partial charge on any atom is 0.335 e. The molecule has 0 radical (unpaired) electrons. The van der Waals surface area contributed by atoms with E-state index in [9.17, 15) is 9.59 Å². The summed E-state index contributed by atoms with van der Waals surface area (Å²) in [5.41, 5.74) is 2.03. The van der Waals surface area contributed by atoms with Crippen molar-refractivity contribution in [1.82, 2.24) is 0 Å². The number of anilines is 1. The molecule has 0 saturated carbocycles. The van der Waals surface area contributed by atoms with Crippen molar-refractivity contribution in [3.05, 3.63) is 65.2 Å². The highest BCUT2D eigenvalue weighted by Gasteiger charge is 2.11. The van der Waals surface area contributed by atoms with Crippen molar-refractivity contribution in [2.24, 2.45) is 0 Å². The van der Waals surface area contributed by atoms with Crippen LogP contribution in [0, 0.1) is 0 Å². The Bertz CT molecular complexity index is 645.